The highest BCUT2D eigenvalue weighted by molar-refractivity contribution is 6.33. The van der Waals surface area contributed by atoms with Crippen LogP contribution >= 0.6 is 11.6 Å². The number of hydrogen-bond donors (Lipinski definition) is 0. The van der Waals surface area contributed by atoms with Gasteiger partial charge in [0.1, 0.15) is 0 Å². The fourth-order valence-corrected chi connectivity index (χ4v) is 4.15. The third-order valence-electron chi connectivity index (χ3n) is 5.15. The lowest BCUT2D eigenvalue weighted by Gasteiger charge is -2.15. The molecule has 1 heteroatoms. The van der Waals surface area contributed by atoms with E-state index in [0.29, 0.717) is 0 Å². The van der Waals surface area contributed by atoms with Gasteiger partial charge >= 0.3 is 0 Å². The van der Waals surface area contributed by atoms with E-state index in [1.54, 1.807) is 0 Å². The summed E-state index contributed by atoms with van der Waals surface area (Å²) in [5.74, 6) is 0. The molecule has 0 bridgehead atoms. The lowest BCUT2D eigenvalue weighted by atomic mass is 9.89. The summed E-state index contributed by atoms with van der Waals surface area (Å²) in [7, 11) is 0. The topological polar surface area (TPSA) is 0 Å². The van der Waals surface area contributed by atoms with E-state index in [2.05, 4.69) is 84.9 Å². The van der Waals surface area contributed by atoms with Crippen molar-refractivity contribution in [1.82, 2.24) is 0 Å². The molecule has 0 unspecified atom stereocenters. The van der Waals surface area contributed by atoms with Gasteiger partial charge in [0.05, 0.1) is 0 Å². The summed E-state index contributed by atoms with van der Waals surface area (Å²) in [6.07, 6.45) is 0. The zero-order valence-electron chi connectivity index (χ0n) is 14.7. The van der Waals surface area contributed by atoms with Gasteiger partial charge in [-0.3, -0.25) is 0 Å². The summed E-state index contributed by atoms with van der Waals surface area (Å²) in [5, 5.41) is 5.84. The molecule has 0 fully saturated rings. The highest BCUT2D eigenvalue weighted by Crippen LogP contribution is 2.40. The van der Waals surface area contributed by atoms with Crippen molar-refractivity contribution in [3.63, 3.8) is 0 Å². The lowest BCUT2D eigenvalue weighted by molar-refractivity contribution is 1.60. The van der Waals surface area contributed by atoms with Crippen molar-refractivity contribution in [3.05, 3.63) is 108 Å². The van der Waals surface area contributed by atoms with Crippen LogP contribution in [0.15, 0.2) is 103 Å². The molecule has 5 rings (SSSR count). The highest BCUT2D eigenvalue weighted by atomic mass is 35.5. The second kappa shape index (κ2) is 6.57. The van der Waals surface area contributed by atoms with Crippen LogP contribution in [0.1, 0.15) is 0 Å². The van der Waals surface area contributed by atoms with E-state index < -0.39 is 0 Å². The van der Waals surface area contributed by atoms with Crippen molar-refractivity contribution in [2.45, 2.75) is 0 Å². The maximum atomic E-state index is 6.53. The summed E-state index contributed by atoms with van der Waals surface area (Å²) in [6.45, 7) is 0. The first-order valence-corrected chi connectivity index (χ1v) is 9.45. The quantitative estimate of drug-likeness (QED) is 0.278. The van der Waals surface area contributed by atoms with E-state index in [4.69, 9.17) is 11.6 Å². The zero-order valence-corrected chi connectivity index (χ0v) is 15.4. The molecule has 27 heavy (non-hydrogen) atoms. The van der Waals surface area contributed by atoms with Crippen LogP contribution in [0.5, 0.6) is 0 Å². The Morgan fingerprint density at radius 3 is 1.67 bits per heavy atom. The van der Waals surface area contributed by atoms with E-state index in [1.807, 2.05) is 18.2 Å². The Kier molecular flexibility index (Phi) is 3.92. The normalized spacial score (nSPS) is 11.1. The van der Waals surface area contributed by atoms with Crippen LogP contribution in [0.4, 0.5) is 0 Å². The molecule has 0 aliphatic heterocycles. The molecule has 128 valence electrons. The van der Waals surface area contributed by atoms with Crippen LogP contribution in [0.25, 0.3) is 43.8 Å². The Hall–Kier alpha value is -3.09. The molecule has 0 N–H and O–H groups in total. The third-order valence-corrected chi connectivity index (χ3v) is 5.48. The van der Waals surface area contributed by atoms with Crippen molar-refractivity contribution < 1.29 is 0 Å². The van der Waals surface area contributed by atoms with Gasteiger partial charge in [-0.05, 0) is 50.4 Å². The second-order valence-electron chi connectivity index (χ2n) is 6.72. The van der Waals surface area contributed by atoms with Crippen molar-refractivity contribution in [3.8, 4) is 22.3 Å². The molecule has 0 amide bonds. The van der Waals surface area contributed by atoms with Gasteiger partial charge in [-0.25, -0.2) is 0 Å². The summed E-state index contributed by atoms with van der Waals surface area (Å²) in [4.78, 5) is 0. The minimum atomic E-state index is 0.773. The van der Waals surface area contributed by atoms with E-state index in [0.717, 1.165) is 16.1 Å². The average Bonchev–Trinajstić information content (AvgIpc) is 2.74. The van der Waals surface area contributed by atoms with Crippen molar-refractivity contribution >= 4 is 33.1 Å². The largest absolute Gasteiger partial charge is 0.0837 e. The van der Waals surface area contributed by atoms with Crippen LogP contribution in [0, 0.1) is 0 Å². The molecular weight excluding hydrogens is 348 g/mol. The Morgan fingerprint density at radius 1 is 0.407 bits per heavy atom. The third kappa shape index (κ3) is 2.70. The first-order chi connectivity index (χ1) is 13.3. The van der Waals surface area contributed by atoms with E-state index in [1.165, 1.54) is 32.7 Å². The zero-order chi connectivity index (χ0) is 18.2. The van der Waals surface area contributed by atoms with Gasteiger partial charge in [0.2, 0.25) is 0 Å². The maximum absolute atomic E-state index is 6.53. The number of rotatable bonds is 2. The summed E-state index contributed by atoms with van der Waals surface area (Å²) in [6, 6.07) is 36.1. The molecule has 0 aliphatic rings. The van der Waals surface area contributed by atoms with Crippen LogP contribution in [0.2, 0.25) is 5.02 Å². The number of fused-ring (bicyclic) bond motifs is 3. The van der Waals surface area contributed by atoms with Crippen molar-refractivity contribution in [2.24, 2.45) is 0 Å². The lowest BCUT2D eigenvalue weighted by Crippen LogP contribution is -1.89. The minimum Gasteiger partial charge on any atom is -0.0837 e. The summed E-state index contributed by atoms with van der Waals surface area (Å²) in [5.41, 5.74) is 4.66. The van der Waals surface area contributed by atoms with Crippen LogP contribution in [0.3, 0.4) is 0 Å². The number of halogens is 1. The van der Waals surface area contributed by atoms with E-state index in [-0.39, 0.29) is 0 Å². The van der Waals surface area contributed by atoms with Gasteiger partial charge in [-0.15, -0.1) is 0 Å². The molecule has 0 nitrogen and oxygen atoms in total. The molecule has 0 saturated carbocycles. The van der Waals surface area contributed by atoms with Gasteiger partial charge in [0, 0.05) is 10.6 Å². The first kappa shape index (κ1) is 16.1. The predicted octanol–water partition coefficient (Wildman–Crippen LogP) is 7.98. The van der Waals surface area contributed by atoms with Gasteiger partial charge in [-0.1, -0.05) is 103 Å². The van der Waals surface area contributed by atoms with Gasteiger partial charge in [-0.2, -0.15) is 0 Å². The Morgan fingerprint density at radius 2 is 0.926 bits per heavy atom. The van der Waals surface area contributed by atoms with E-state index in [9.17, 15) is 0 Å². The Bertz CT molecular complexity index is 1280. The summed E-state index contributed by atoms with van der Waals surface area (Å²) < 4.78 is 0. The van der Waals surface area contributed by atoms with Crippen LogP contribution in [-0.4, -0.2) is 0 Å². The molecule has 0 aromatic heterocycles. The molecule has 0 saturated heterocycles. The highest BCUT2D eigenvalue weighted by Gasteiger charge is 2.13. The molecule has 5 aromatic rings. The fraction of sp³-hybridized carbons (Fsp3) is 0. The predicted molar refractivity (Wildman–Crippen MR) is 117 cm³/mol. The van der Waals surface area contributed by atoms with Crippen molar-refractivity contribution in [2.75, 3.05) is 0 Å². The fourth-order valence-electron chi connectivity index (χ4n) is 3.91. The van der Waals surface area contributed by atoms with Gasteiger partial charge in [0.15, 0.2) is 0 Å². The summed E-state index contributed by atoms with van der Waals surface area (Å²) >= 11 is 6.53. The number of benzene rings is 5. The monoisotopic (exact) mass is 364 g/mol. The second-order valence-corrected chi connectivity index (χ2v) is 7.12. The van der Waals surface area contributed by atoms with Gasteiger partial charge in [0.25, 0.3) is 0 Å². The Balaban J connectivity index is 1.89. The Labute approximate surface area is 163 Å². The first-order valence-electron chi connectivity index (χ1n) is 9.08. The maximum Gasteiger partial charge on any atom is 0.0484 e. The molecule has 0 radical (unpaired) electrons. The van der Waals surface area contributed by atoms with Crippen LogP contribution < -0.4 is 0 Å². The molecule has 0 heterocycles. The van der Waals surface area contributed by atoms with Crippen LogP contribution in [-0.2, 0) is 0 Å². The SMILES string of the molecule is Clc1ccccc1-c1ccccc1-c1cc2ccccc2c2ccccc12. The smallest absolute Gasteiger partial charge is 0.0484 e. The number of hydrogen-bond acceptors (Lipinski definition) is 0. The van der Waals surface area contributed by atoms with E-state index >= 15 is 0 Å². The molecule has 0 atom stereocenters. The average molecular weight is 365 g/mol. The molecular formula is C26H17Cl. The molecule has 0 spiro atoms. The molecule has 5 aromatic carbocycles. The minimum absolute atomic E-state index is 0.773. The van der Waals surface area contributed by atoms with Crippen molar-refractivity contribution in [1.29, 1.82) is 0 Å². The standard InChI is InChI=1S/C26H17Cl/c27-26-16-8-7-15-24(26)21-12-4-6-14-23(21)25-17-18-9-1-2-10-19(18)20-11-3-5-13-22(20)25/h1-17H. The van der Waals surface area contributed by atoms with Gasteiger partial charge < -0.3 is 0 Å². The molecule has 0 aliphatic carbocycles.